The van der Waals surface area contributed by atoms with Gasteiger partial charge in [0.05, 0.1) is 25.9 Å². The molecule has 0 bridgehead atoms. The lowest BCUT2D eigenvalue weighted by Gasteiger charge is -2.27. The quantitative estimate of drug-likeness (QED) is 0.781. The van der Waals surface area contributed by atoms with Crippen LogP contribution in [0.5, 0.6) is 11.5 Å². The fourth-order valence-corrected chi connectivity index (χ4v) is 2.79. The van der Waals surface area contributed by atoms with Crippen molar-refractivity contribution in [3.63, 3.8) is 0 Å². The third-order valence-electron chi connectivity index (χ3n) is 3.90. The zero-order valence-corrected chi connectivity index (χ0v) is 12.5. The summed E-state index contributed by atoms with van der Waals surface area (Å²) < 4.78 is 10.4. The molecule has 0 atom stereocenters. The van der Waals surface area contributed by atoms with E-state index in [0.717, 1.165) is 25.7 Å². The number of hydrogen-bond donors (Lipinski definition) is 0. The summed E-state index contributed by atoms with van der Waals surface area (Å²) in [5.74, 6) is 0.934. The molecule has 0 unspecified atom stereocenters. The predicted octanol–water partition coefficient (Wildman–Crippen LogP) is 2.61. The zero-order chi connectivity index (χ0) is 15.2. The van der Waals surface area contributed by atoms with Gasteiger partial charge in [-0.25, -0.2) is 0 Å². The van der Waals surface area contributed by atoms with E-state index in [1.54, 1.807) is 30.2 Å². The Labute approximate surface area is 125 Å². The highest BCUT2D eigenvalue weighted by Crippen LogP contribution is 2.29. The molecule has 2 rings (SSSR count). The summed E-state index contributed by atoms with van der Waals surface area (Å²) in [6, 6.07) is 7.37. The lowest BCUT2D eigenvalue weighted by Crippen LogP contribution is -2.39. The van der Waals surface area contributed by atoms with Crippen LogP contribution < -0.4 is 9.47 Å². The summed E-state index contributed by atoms with van der Waals surface area (Å²) in [7, 11) is 3.09. The first-order valence-corrected chi connectivity index (χ1v) is 7.11. The van der Waals surface area contributed by atoms with E-state index >= 15 is 0 Å². The topological polar surface area (TPSA) is 62.6 Å². The molecular weight excluding hydrogens is 268 g/mol. The van der Waals surface area contributed by atoms with Gasteiger partial charge in [0.2, 0.25) is 0 Å². The summed E-state index contributed by atoms with van der Waals surface area (Å²) >= 11 is 0. The number of carbonyl (C=O) groups excluding carboxylic acids is 1. The maximum Gasteiger partial charge on any atom is 0.258 e. The molecule has 1 aromatic rings. The molecule has 0 radical (unpaired) electrons. The molecule has 0 saturated heterocycles. The van der Waals surface area contributed by atoms with Gasteiger partial charge in [0, 0.05) is 6.04 Å². The Morgan fingerprint density at radius 1 is 1.33 bits per heavy atom. The first kappa shape index (κ1) is 15.2. The van der Waals surface area contributed by atoms with Crippen LogP contribution in [0.3, 0.4) is 0 Å². The van der Waals surface area contributed by atoms with E-state index in [1.807, 2.05) is 0 Å². The monoisotopic (exact) mass is 288 g/mol. The Bertz CT molecular complexity index is 545. The summed E-state index contributed by atoms with van der Waals surface area (Å²) in [4.78, 5) is 14.5. The van der Waals surface area contributed by atoms with Crippen LogP contribution in [0.4, 0.5) is 0 Å². The van der Waals surface area contributed by atoms with Crippen molar-refractivity contribution in [1.29, 1.82) is 5.26 Å². The van der Waals surface area contributed by atoms with Crippen LogP contribution in [-0.2, 0) is 0 Å². The molecule has 1 amide bonds. The van der Waals surface area contributed by atoms with E-state index in [0.29, 0.717) is 17.1 Å². The van der Waals surface area contributed by atoms with Gasteiger partial charge in [-0.3, -0.25) is 4.79 Å². The molecule has 1 saturated carbocycles. The highest BCUT2D eigenvalue weighted by Gasteiger charge is 2.29. The largest absolute Gasteiger partial charge is 0.497 e. The molecule has 1 aromatic carbocycles. The lowest BCUT2D eigenvalue weighted by atomic mass is 10.1. The summed E-state index contributed by atoms with van der Waals surface area (Å²) in [5.41, 5.74) is 0.444. The van der Waals surface area contributed by atoms with Crippen LogP contribution in [0.1, 0.15) is 36.0 Å². The molecular formula is C16H20N2O3. The number of rotatable bonds is 5. The number of hydrogen-bond acceptors (Lipinski definition) is 4. The normalized spacial score (nSPS) is 14.5. The Hall–Kier alpha value is -2.22. The highest BCUT2D eigenvalue weighted by molar-refractivity contribution is 5.97. The van der Waals surface area contributed by atoms with E-state index in [9.17, 15) is 4.79 Å². The van der Waals surface area contributed by atoms with Crippen molar-refractivity contribution in [2.75, 3.05) is 20.8 Å². The van der Waals surface area contributed by atoms with E-state index in [-0.39, 0.29) is 18.5 Å². The van der Waals surface area contributed by atoms with Crippen molar-refractivity contribution in [3.05, 3.63) is 23.8 Å². The molecule has 5 heteroatoms. The minimum atomic E-state index is -0.167. The fourth-order valence-electron chi connectivity index (χ4n) is 2.79. The molecule has 112 valence electrons. The standard InChI is InChI=1S/C16H20N2O3/c1-20-13-7-8-15(21-2)14(11-13)16(19)18(10-9-17)12-5-3-4-6-12/h7-8,11-12H,3-6,10H2,1-2H3. The summed E-state index contributed by atoms with van der Waals surface area (Å²) in [5, 5.41) is 9.02. The fraction of sp³-hybridized carbons (Fsp3) is 0.500. The van der Waals surface area contributed by atoms with Gasteiger partial charge in [-0.1, -0.05) is 12.8 Å². The minimum absolute atomic E-state index is 0.101. The zero-order valence-electron chi connectivity index (χ0n) is 12.5. The highest BCUT2D eigenvalue weighted by atomic mass is 16.5. The molecule has 5 nitrogen and oxygen atoms in total. The van der Waals surface area contributed by atoms with Gasteiger partial charge in [0.15, 0.2) is 0 Å². The predicted molar refractivity (Wildman–Crippen MR) is 78.5 cm³/mol. The Morgan fingerprint density at radius 3 is 2.62 bits per heavy atom. The Balaban J connectivity index is 2.33. The average Bonchev–Trinajstić information content (AvgIpc) is 3.05. The van der Waals surface area contributed by atoms with Crippen molar-refractivity contribution >= 4 is 5.91 Å². The van der Waals surface area contributed by atoms with Crippen molar-refractivity contribution < 1.29 is 14.3 Å². The number of nitrogens with zero attached hydrogens (tertiary/aromatic N) is 2. The van der Waals surface area contributed by atoms with Crippen LogP contribution in [0, 0.1) is 11.3 Å². The number of amides is 1. The SMILES string of the molecule is COc1ccc(OC)c(C(=O)N(CC#N)C2CCCC2)c1. The number of benzene rings is 1. The van der Waals surface area contributed by atoms with Crippen molar-refractivity contribution in [1.82, 2.24) is 4.90 Å². The van der Waals surface area contributed by atoms with Gasteiger partial charge in [-0.2, -0.15) is 5.26 Å². The second-order valence-corrected chi connectivity index (χ2v) is 5.10. The molecule has 0 heterocycles. The third-order valence-corrected chi connectivity index (χ3v) is 3.90. The van der Waals surface area contributed by atoms with Gasteiger partial charge in [0.1, 0.15) is 18.0 Å². The van der Waals surface area contributed by atoms with E-state index < -0.39 is 0 Å². The van der Waals surface area contributed by atoms with Crippen molar-refractivity contribution in [3.8, 4) is 17.6 Å². The third kappa shape index (κ3) is 3.27. The van der Waals surface area contributed by atoms with Crippen LogP contribution in [-0.4, -0.2) is 37.6 Å². The van der Waals surface area contributed by atoms with Crippen LogP contribution in [0.15, 0.2) is 18.2 Å². The molecule has 0 aromatic heterocycles. The van der Waals surface area contributed by atoms with E-state index in [1.165, 1.54) is 7.11 Å². The maximum atomic E-state index is 12.8. The maximum absolute atomic E-state index is 12.8. The molecule has 1 aliphatic rings. The smallest absolute Gasteiger partial charge is 0.258 e. The van der Waals surface area contributed by atoms with Gasteiger partial charge in [-0.15, -0.1) is 0 Å². The van der Waals surface area contributed by atoms with Crippen LogP contribution in [0.2, 0.25) is 0 Å². The number of carbonyl (C=O) groups is 1. The minimum Gasteiger partial charge on any atom is -0.497 e. The second kappa shape index (κ2) is 6.98. The van der Waals surface area contributed by atoms with E-state index in [4.69, 9.17) is 14.7 Å². The van der Waals surface area contributed by atoms with Crippen molar-refractivity contribution in [2.45, 2.75) is 31.7 Å². The summed E-state index contributed by atoms with van der Waals surface area (Å²) in [6.07, 6.45) is 4.13. The van der Waals surface area contributed by atoms with Crippen molar-refractivity contribution in [2.24, 2.45) is 0 Å². The first-order chi connectivity index (χ1) is 10.2. The lowest BCUT2D eigenvalue weighted by molar-refractivity contribution is 0.0705. The second-order valence-electron chi connectivity index (χ2n) is 5.10. The molecule has 0 N–H and O–H groups in total. The molecule has 0 spiro atoms. The van der Waals surface area contributed by atoms with Crippen LogP contribution >= 0.6 is 0 Å². The summed E-state index contributed by atoms with van der Waals surface area (Å²) in [6.45, 7) is 0.101. The number of nitriles is 1. The Morgan fingerprint density at radius 2 is 2.05 bits per heavy atom. The number of methoxy groups -OCH3 is 2. The van der Waals surface area contributed by atoms with Gasteiger partial charge in [-0.05, 0) is 31.0 Å². The average molecular weight is 288 g/mol. The van der Waals surface area contributed by atoms with E-state index in [2.05, 4.69) is 6.07 Å². The Kier molecular flexibility index (Phi) is 5.04. The van der Waals surface area contributed by atoms with Gasteiger partial charge < -0.3 is 14.4 Å². The molecule has 21 heavy (non-hydrogen) atoms. The molecule has 1 aliphatic carbocycles. The molecule has 0 aliphatic heterocycles. The first-order valence-electron chi connectivity index (χ1n) is 7.11. The molecule has 1 fully saturated rings. The van der Waals surface area contributed by atoms with Crippen LogP contribution in [0.25, 0.3) is 0 Å². The number of ether oxygens (including phenoxy) is 2. The van der Waals surface area contributed by atoms with Gasteiger partial charge >= 0.3 is 0 Å². The van der Waals surface area contributed by atoms with Gasteiger partial charge in [0.25, 0.3) is 5.91 Å².